The van der Waals surface area contributed by atoms with Crippen molar-refractivity contribution in [3.05, 3.63) is 48.4 Å². The molecule has 2 heterocycles. The molecule has 0 aromatic carbocycles. The average Bonchev–Trinajstić information content (AvgIpc) is 2.46. The van der Waals surface area contributed by atoms with Gasteiger partial charge in [0.1, 0.15) is 7.85 Å². The third kappa shape index (κ3) is 2.94. The summed E-state index contributed by atoms with van der Waals surface area (Å²) >= 11 is 0. The van der Waals surface area contributed by atoms with Crippen LogP contribution in [0.5, 0.6) is 0 Å². The van der Waals surface area contributed by atoms with Crippen LogP contribution in [0, 0.1) is 0 Å². The molecule has 4 heteroatoms. The molecule has 1 aliphatic heterocycles. The highest BCUT2D eigenvalue weighted by molar-refractivity contribution is 6.85. The molecule has 0 amide bonds. The minimum absolute atomic E-state index is 0.688. The Labute approximate surface area is 91.5 Å². The first-order chi connectivity index (χ1) is 7.34. The standard InChI is InChI=1S/C11H9B2N2/c12-9-2-1-3-11(15-8-9)13-10-4-6-14-7-5-10/h1-2,4-8H,3H2. The van der Waals surface area contributed by atoms with E-state index in [0.717, 1.165) is 17.5 Å². The van der Waals surface area contributed by atoms with Crippen molar-refractivity contribution in [1.82, 2.24) is 4.98 Å². The minimum atomic E-state index is 0.688. The molecule has 0 saturated heterocycles. The van der Waals surface area contributed by atoms with Crippen molar-refractivity contribution in [3.8, 4) is 0 Å². The Balaban J connectivity index is 2.11. The summed E-state index contributed by atoms with van der Waals surface area (Å²) in [6, 6.07) is 3.90. The van der Waals surface area contributed by atoms with E-state index in [1.807, 2.05) is 31.6 Å². The molecule has 69 valence electrons. The summed E-state index contributed by atoms with van der Waals surface area (Å²) in [7, 11) is 7.66. The number of rotatable bonds is 2. The van der Waals surface area contributed by atoms with Crippen LogP contribution in [-0.2, 0) is 0 Å². The van der Waals surface area contributed by atoms with E-state index in [4.69, 9.17) is 7.85 Å². The third-order valence-corrected chi connectivity index (χ3v) is 2.06. The van der Waals surface area contributed by atoms with E-state index in [1.54, 1.807) is 18.6 Å². The maximum absolute atomic E-state index is 5.63. The van der Waals surface area contributed by atoms with Gasteiger partial charge in [0.15, 0.2) is 0 Å². The Morgan fingerprint density at radius 2 is 2.07 bits per heavy atom. The van der Waals surface area contributed by atoms with Crippen molar-refractivity contribution < 1.29 is 0 Å². The Bertz CT molecular complexity index is 421. The number of hydrogen-bond acceptors (Lipinski definition) is 2. The molecule has 0 N–H and O–H groups in total. The second-order valence-corrected chi connectivity index (χ2v) is 3.28. The molecule has 0 bridgehead atoms. The summed E-state index contributed by atoms with van der Waals surface area (Å²) in [6.07, 6.45) is 9.90. The first-order valence-electron chi connectivity index (χ1n) is 4.78. The summed E-state index contributed by atoms with van der Waals surface area (Å²) in [5.74, 6) is 0. The van der Waals surface area contributed by atoms with Gasteiger partial charge >= 0.3 is 0 Å². The molecule has 3 radical (unpaired) electrons. The van der Waals surface area contributed by atoms with Crippen molar-refractivity contribution in [2.75, 3.05) is 0 Å². The topological polar surface area (TPSA) is 25.2 Å². The SMILES string of the molecule is [B]C1=CN=C([B]c2ccncc2)CC=C1. The first kappa shape index (κ1) is 9.97. The lowest BCUT2D eigenvalue weighted by Crippen LogP contribution is -2.22. The minimum Gasteiger partial charge on any atom is -0.276 e. The molecule has 15 heavy (non-hydrogen) atoms. The number of aliphatic imine (C=N–C) groups is 1. The quantitative estimate of drug-likeness (QED) is 0.633. The van der Waals surface area contributed by atoms with Crippen LogP contribution in [0.4, 0.5) is 0 Å². The van der Waals surface area contributed by atoms with Crippen molar-refractivity contribution in [2.45, 2.75) is 6.42 Å². The van der Waals surface area contributed by atoms with Crippen molar-refractivity contribution in [1.29, 1.82) is 0 Å². The van der Waals surface area contributed by atoms with Crippen LogP contribution in [0.1, 0.15) is 6.42 Å². The Kier molecular flexibility index (Phi) is 3.18. The summed E-state index contributed by atoms with van der Waals surface area (Å²) in [6.45, 7) is 0. The average molecular weight is 191 g/mol. The predicted molar refractivity (Wildman–Crippen MR) is 64.7 cm³/mol. The molecule has 1 aliphatic rings. The highest BCUT2D eigenvalue weighted by atomic mass is 14.7. The van der Waals surface area contributed by atoms with Gasteiger partial charge < -0.3 is 0 Å². The van der Waals surface area contributed by atoms with E-state index in [1.165, 1.54) is 0 Å². The van der Waals surface area contributed by atoms with E-state index in [2.05, 4.69) is 9.98 Å². The number of allylic oxidation sites excluding steroid dienone is 3. The van der Waals surface area contributed by atoms with Gasteiger partial charge in [0, 0.05) is 18.6 Å². The summed E-state index contributed by atoms with van der Waals surface area (Å²) < 4.78 is 0. The Morgan fingerprint density at radius 1 is 1.27 bits per heavy atom. The maximum Gasteiger partial charge on any atom is 0.211 e. The lowest BCUT2D eigenvalue weighted by Gasteiger charge is -1.99. The van der Waals surface area contributed by atoms with E-state index in [9.17, 15) is 0 Å². The van der Waals surface area contributed by atoms with Crippen molar-refractivity contribution >= 4 is 26.2 Å². The van der Waals surface area contributed by atoms with E-state index in [0.29, 0.717) is 5.47 Å². The van der Waals surface area contributed by atoms with Gasteiger partial charge in [-0.15, -0.1) is 0 Å². The second kappa shape index (κ2) is 4.78. The summed E-state index contributed by atoms with van der Waals surface area (Å²) in [4.78, 5) is 8.25. The molecular formula is C11H9B2N2. The fourth-order valence-electron chi connectivity index (χ4n) is 1.32. The summed E-state index contributed by atoms with van der Waals surface area (Å²) in [5.41, 5.74) is 2.79. The molecule has 0 aliphatic carbocycles. The van der Waals surface area contributed by atoms with Gasteiger partial charge in [-0.25, -0.2) is 0 Å². The van der Waals surface area contributed by atoms with Crippen LogP contribution in [-0.4, -0.2) is 25.7 Å². The third-order valence-electron chi connectivity index (χ3n) is 2.06. The van der Waals surface area contributed by atoms with Gasteiger partial charge in [-0.1, -0.05) is 23.1 Å². The lowest BCUT2D eigenvalue weighted by atomic mass is 9.65. The number of hydrogen-bond donors (Lipinski definition) is 0. The van der Waals surface area contributed by atoms with Gasteiger partial charge in [0.05, 0.1) is 0 Å². The van der Waals surface area contributed by atoms with Crippen LogP contribution in [0.3, 0.4) is 0 Å². The van der Waals surface area contributed by atoms with Crippen LogP contribution in [0.25, 0.3) is 0 Å². The van der Waals surface area contributed by atoms with Gasteiger partial charge in [-0.05, 0) is 24.2 Å². The second-order valence-electron chi connectivity index (χ2n) is 3.28. The highest BCUT2D eigenvalue weighted by Gasteiger charge is 2.03. The van der Waals surface area contributed by atoms with Crippen LogP contribution >= 0.6 is 0 Å². The predicted octanol–water partition coefficient (Wildman–Crippen LogP) is 0.779. The maximum atomic E-state index is 5.63. The van der Waals surface area contributed by atoms with Crippen molar-refractivity contribution in [3.63, 3.8) is 0 Å². The fourth-order valence-corrected chi connectivity index (χ4v) is 1.32. The number of aromatic nitrogens is 1. The zero-order chi connectivity index (χ0) is 10.5. The number of nitrogens with zero attached hydrogens (tertiary/aromatic N) is 2. The monoisotopic (exact) mass is 191 g/mol. The molecule has 0 saturated carbocycles. The molecule has 1 aromatic rings. The van der Waals surface area contributed by atoms with Gasteiger partial charge in [0.2, 0.25) is 7.28 Å². The van der Waals surface area contributed by atoms with Crippen molar-refractivity contribution in [2.24, 2.45) is 4.99 Å². The summed E-state index contributed by atoms with van der Waals surface area (Å²) in [5, 5.41) is 0. The zero-order valence-electron chi connectivity index (χ0n) is 8.30. The van der Waals surface area contributed by atoms with Gasteiger partial charge in [-0.2, -0.15) is 0 Å². The highest BCUT2D eigenvalue weighted by Crippen LogP contribution is 2.01. The fraction of sp³-hybridized carbons (Fsp3) is 0.0909. The molecular weight excluding hydrogens is 182 g/mol. The number of pyridine rings is 1. The molecule has 1 aromatic heterocycles. The largest absolute Gasteiger partial charge is 0.276 e. The lowest BCUT2D eigenvalue weighted by molar-refractivity contribution is 1.34. The normalized spacial score (nSPS) is 15.2. The van der Waals surface area contributed by atoms with E-state index >= 15 is 0 Å². The molecule has 0 spiro atoms. The molecule has 0 atom stereocenters. The van der Waals surface area contributed by atoms with Crippen LogP contribution < -0.4 is 5.46 Å². The van der Waals surface area contributed by atoms with E-state index < -0.39 is 0 Å². The molecule has 0 fully saturated rings. The van der Waals surface area contributed by atoms with Gasteiger partial charge in [0.25, 0.3) is 0 Å². The van der Waals surface area contributed by atoms with E-state index in [-0.39, 0.29) is 0 Å². The van der Waals surface area contributed by atoms with Gasteiger partial charge in [-0.3, -0.25) is 9.98 Å². The first-order valence-corrected chi connectivity index (χ1v) is 4.78. The Morgan fingerprint density at radius 3 is 2.87 bits per heavy atom. The smallest absolute Gasteiger partial charge is 0.211 e. The zero-order valence-corrected chi connectivity index (χ0v) is 8.30. The Hall–Kier alpha value is -1.57. The van der Waals surface area contributed by atoms with Crippen LogP contribution in [0.15, 0.2) is 53.3 Å². The van der Waals surface area contributed by atoms with Crippen LogP contribution in [0.2, 0.25) is 0 Å². The molecule has 0 unspecified atom stereocenters. The molecule has 2 nitrogen and oxygen atoms in total. The molecule has 2 rings (SSSR count).